The van der Waals surface area contributed by atoms with Crippen molar-refractivity contribution < 1.29 is 9.28 Å². The summed E-state index contributed by atoms with van der Waals surface area (Å²) in [5.41, 5.74) is 4.30. The molecule has 0 radical (unpaired) electrons. The maximum absolute atomic E-state index is 12.8. The first-order valence-electron chi connectivity index (χ1n) is 11.8. The minimum absolute atomic E-state index is 0.284. The smallest absolute Gasteiger partial charge is 0.302 e. The minimum Gasteiger partial charge on any atom is -0.344 e. The van der Waals surface area contributed by atoms with Crippen molar-refractivity contribution >= 4 is 17.4 Å². The van der Waals surface area contributed by atoms with Gasteiger partial charge in [-0.3, -0.25) is 9.47 Å². The Morgan fingerprint density at radius 2 is 1.77 bits per heavy atom. The van der Waals surface area contributed by atoms with E-state index >= 15 is 0 Å². The number of nitrogens with one attached hydrogen (secondary N) is 1. The molecular formula is C25H33N4O+. The number of aromatic amines is 1. The molecule has 0 aromatic carbocycles. The number of nitrogens with zero attached hydrogens (tertiary/aromatic N) is 3. The zero-order valence-electron chi connectivity index (χ0n) is 17.8. The average molecular weight is 406 g/mol. The van der Waals surface area contributed by atoms with Crippen molar-refractivity contribution in [1.29, 1.82) is 0 Å². The number of carbonyl (C=O) groups excluding carboxylic acids is 1. The van der Waals surface area contributed by atoms with Crippen LogP contribution in [-0.2, 0) is 11.2 Å². The predicted molar refractivity (Wildman–Crippen MR) is 119 cm³/mol. The fourth-order valence-corrected chi connectivity index (χ4v) is 6.33. The molecule has 2 heterocycles. The molecule has 2 unspecified atom stereocenters. The van der Waals surface area contributed by atoms with Crippen LogP contribution in [-0.4, -0.2) is 44.0 Å². The number of rotatable bonds is 6. The lowest BCUT2D eigenvalue weighted by Crippen LogP contribution is -2.65. The van der Waals surface area contributed by atoms with E-state index in [4.69, 9.17) is 0 Å². The molecule has 5 rings (SSSR count). The van der Waals surface area contributed by atoms with Crippen LogP contribution < -0.4 is 0 Å². The number of pyridine rings is 1. The highest BCUT2D eigenvalue weighted by molar-refractivity contribution is 5.76. The second-order valence-electron chi connectivity index (χ2n) is 9.40. The van der Waals surface area contributed by atoms with Crippen LogP contribution >= 0.6 is 0 Å². The summed E-state index contributed by atoms with van der Waals surface area (Å²) in [6.45, 7) is 0. The van der Waals surface area contributed by atoms with Crippen LogP contribution in [0.4, 0.5) is 0 Å². The van der Waals surface area contributed by atoms with Crippen molar-refractivity contribution in [3.8, 4) is 0 Å². The van der Waals surface area contributed by atoms with Crippen molar-refractivity contribution in [2.24, 2.45) is 0 Å². The Morgan fingerprint density at radius 3 is 2.43 bits per heavy atom. The van der Waals surface area contributed by atoms with Gasteiger partial charge >= 0.3 is 6.41 Å². The van der Waals surface area contributed by atoms with Crippen molar-refractivity contribution in [3.63, 3.8) is 0 Å². The van der Waals surface area contributed by atoms with E-state index in [0.717, 1.165) is 29.6 Å². The maximum atomic E-state index is 12.8. The van der Waals surface area contributed by atoms with Crippen molar-refractivity contribution in [1.82, 2.24) is 15.0 Å². The van der Waals surface area contributed by atoms with Gasteiger partial charge in [0, 0.05) is 19.0 Å². The van der Waals surface area contributed by atoms with Crippen LogP contribution in [0.25, 0.3) is 11.0 Å². The van der Waals surface area contributed by atoms with Gasteiger partial charge in [0.2, 0.25) is 0 Å². The number of quaternary nitrogens is 1. The van der Waals surface area contributed by atoms with Gasteiger partial charge in [0.25, 0.3) is 0 Å². The second-order valence-corrected chi connectivity index (χ2v) is 9.40. The predicted octanol–water partition coefficient (Wildman–Crippen LogP) is 5.00. The normalized spacial score (nSPS) is 25.3. The first kappa shape index (κ1) is 19.7. The number of aromatic nitrogens is 3. The molecule has 2 aromatic heterocycles. The molecule has 30 heavy (non-hydrogen) atoms. The summed E-state index contributed by atoms with van der Waals surface area (Å²) in [6.07, 6.45) is 24.9. The van der Waals surface area contributed by atoms with E-state index in [1.165, 1.54) is 69.8 Å². The topological polar surface area (TPSA) is 58.6 Å². The number of allylic oxidation sites excluding steroid dienone is 2. The fourth-order valence-electron chi connectivity index (χ4n) is 6.33. The molecule has 1 N–H and O–H groups in total. The molecule has 0 aliphatic heterocycles. The zero-order valence-corrected chi connectivity index (χ0v) is 17.8. The summed E-state index contributed by atoms with van der Waals surface area (Å²) in [5, 5.41) is 0. The zero-order chi connectivity index (χ0) is 20.4. The Hall–Kier alpha value is -2.27. The van der Waals surface area contributed by atoms with E-state index in [9.17, 15) is 4.79 Å². The molecule has 0 saturated heterocycles. The summed E-state index contributed by atoms with van der Waals surface area (Å²) >= 11 is 0. The van der Waals surface area contributed by atoms with Crippen LogP contribution in [0.2, 0.25) is 0 Å². The average Bonchev–Trinajstić information content (AvgIpc) is 3.50. The van der Waals surface area contributed by atoms with Crippen LogP contribution in [0.15, 0.2) is 42.4 Å². The molecule has 158 valence electrons. The lowest BCUT2D eigenvalue weighted by molar-refractivity contribution is -0.913. The van der Waals surface area contributed by atoms with Crippen molar-refractivity contribution in [2.45, 2.75) is 88.8 Å². The van der Waals surface area contributed by atoms with Gasteiger partial charge in [0.15, 0.2) is 0 Å². The summed E-state index contributed by atoms with van der Waals surface area (Å²) in [4.78, 5) is 25.0. The Morgan fingerprint density at radius 1 is 1.03 bits per heavy atom. The van der Waals surface area contributed by atoms with Crippen LogP contribution in [0.5, 0.6) is 0 Å². The van der Waals surface area contributed by atoms with Gasteiger partial charge in [-0.05, 0) is 69.1 Å². The highest BCUT2D eigenvalue weighted by atomic mass is 16.1. The molecule has 0 bridgehead atoms. The minimum atomic E-state index is 0.284. The molecule has 2 atom stereocenters. The van der Waals surface area contributed by atoms with Gasteiger partial charge in [-0.25, -0.2) is 9.78 Å². The number of imidazole rings is 1. The Balaban J connectivity index is 1.38. The standard InChI is InChI=1S/C25H33N4O/c30-18-29(21-8-4-5-9-21,20-6-2-1-3-7-20)22-12-10-19(11-13-22)16-24-25-23(14-15-26-24)27-17-28-25/h10-12,14-15,17-18,20-22H,1-9,13,16H2,(H,27,28)/q+1. The first-order chi connectivity index (χ1) is 14.8. The molecule has 5 heteroatoms. The highest BCUT2D eigenvalue weighted by Crippen LogP contribution is 2.40. The molecule has 2 fully saturated rings. The molecule has 1 amide bonds. The van der Waals surface area contributed by atoms with Crippen LogP contribution in [0.1, 0.15) is 69.9 Å². The Kier molecular flexibility index (Phi) is 5.55. The number of amides is 1. The summed E-state index contributed by atoms with van der Waals surface area (Å²) in [5.74, 6) is 0. The third-order valence-corrected chi connectivity index (χ3v) is 7.86. The summed E-state index contributed by atoms with van der Waals surface area (Å²) < 4.78 is 0.688. The number of H-pyrrole nitrogens is 1. The highest BCUT2D eigenvalue weighted by Gasteiger charge is 2.49. The lowest BCUT2D eigenvalue weighted by atomic mass is 9.86. The molecule has 5 nitrogen and oxygen atoms in total. The summed E-state index contributed by atoms with van der Waals surface area (Å²) in [7, 11) is 0. The Labute approximate surface area is 178 Å². The van der Waals surface area contributed by atoms with Crippen LogP contribution in [0.3, 0.4) is 0 Å². The second kappa shape index (κ2) is 8.46. The van der Waals surface area contributed by atoms with E-state index in [1.807, 2.05) is 12.3 Å². The third kappa shape index (κ3) is 3.43. The lowest BCUT2D eigenvalue weighted by Gasteiger charge is -2.49. The molecular weight excluding hydrogens is 372 g/mol. The first-order valence-corrected chi connectivity index (χ1v) is 11.8. The molecule has 3 aliphatic rings. The fraction of sp³-hybridized carbons (Fsp3) is 0.560. The number of hydrogen-bond acceptors (Lipinski definition) is 3. The number of hydrogen-bond donors (Lipinski definition) is 1. The van der Waals surface area contributed by atoms with Crippen LogP contribution in [0, 0.1) is 0 Å². The van der Waals surface area contributed by atoms with E-state index in [0.29, 0.717) is 16.6 Å². The molecule has 0 spiro atoms. The van der Waals surface area contributed by atoms with Gasteiger partial charge in [-0.1, -0.05) is 18.6 Å². The number of fused-ring (bicyclic) bond motifs is 1. The van der Waals surface area contributed by atoms with Gasteiger partial charge in [-0.15, -0.1) is 0 Å². The van der Waals surface area contributed by atoms with E-state index in [1.54, 1.807) is 6.33 Å². The largest absolute Gasteiger partial charge is 0.344 e. The van der Waals surface area contributed by atoms with E-state index in [2.05, 4.69) is 33.2 Å². The number of carbonyl (C=O) groups is 1. The van der Waals surface area contributed by atoms with Gasteiger partial charge in [0.05, 0.1) is 29.6 Å². The van der Waals surface area contributed by atoms with E-state index < -0.39 is 0 Å². The Bertz CT molecular complexity index is 949. The summed E-state index contributed by atoms with van der Waals surface area (Å²) in [6, 6.07) is 3.26. The van der Waals surface area contributed by atoms with Gasteiger partial charge in [0.1, 0.15) is 11.6 Å². The van der Waals surface area contributed by atoms with Crippen molar-refractivity contribution in [3.05, 3.63) is 48.1 Å². The quantitative estimate of drug-likeness (QED) is 0.543. The molecule has 2 aromatic rings. The van der Waals surface area contributed by atoms with Gasteiger partial charge < -0.3 is 4.98 Å². The SMILES string of the molecule is O=C[N+](C1C=CC(Cc2nccc3[nH]cnc23)=CC1)(C1CCCCC1)C1CCCC1. The third-order valence-electron chi connectivity index (χ3n) is 7.86. The molecule has 3 aliphatic carbocycles. The van der Waals surface area contributed by atoms with Gasteiger partial charge in [-0.2, -0.15) is 0 Å². The molecule has 2 saturated carbocycles. The van der Waals surface area contributed by atoms with Crippen molar-refractivity contribution in [2.75, 3.05) is 0 Å². The maximum Gasteiger partial charge on any atom is 0.302 e. The monoisotopic (exact) mass is 405 g/mol. The van der Waals surface area contributed by atoms with E-state index in [-0.39, 0.29) is 6.04 Å².